The Hall–Kier alpha value is -2.69. The molecule has 0 aliphatic heterocycles. The Morgan fingerprint density at radius 1 is 1.30 bits per heavy atom. The number of halogens is 4. The van der Waals surface area contributed by atoms with Crippen LogP contribution >= 0.6 is 34.8 Å². The number of rotatable bonds is 5. The van der Waals surface area contributed by atoms with Crippen LogP contribution in [-0.2, 0) is 9.53 Å². The zero-order chi connectivity index (χ0) is 20.3. The van der Waals surface area contributed by atoms with Gasteiger partial charge in [-0.1, -0.05) is 34.8 Å². The lowest BCUT2D eigenvalue weighted by molar-refractivity contribution is -0.387. The van der Waals surface area contributed by atoms with Gasteiger partial charge in [0, 0.05) is 11.8 Å². The number of nitrogen functional groups attached to an aromatic ring is 1. The molecule has 0 unspecified atom stereocenters. The minimum Gasteiger partial charge on any atom is -0.451 e. The van der Waals surface area contributed by atoms with Crippen molar-refractivity contribution in [3.05, 3.63) is 55.0 Å². The number of carbonyl (C=O) groups excluding carboxylic acids is 2. The van der Waals surface area contributed by atoms with E-state index in [1.807, 2.05) is 0 Å². The summed E-state index contributed by atoms with van der Waals surface area (Å²) in [4.78, 5) is 37.2. The lowest BCUT2D eigenvalue weighted by atomic mass is 10.2. The fourth-order valence-electron chi connectivity index (χ4n) is 1.79. The number of ether oxygens (including phenoxy) is 1. The molecule has 0 saturated heterocycles. The van der Waals surface area contributed by atoms with Gasteiger partial charge < -0.3 is 15.8 Å². The van der Waals surface area contributed by atoms with Crippen LogP contribution in [0, 0.1) is 15.9 Å². The van der Waals surface area contributed by atoms with Crippen molar-refractivity contribution < 1.29 is 23.6 Å². The van der Waals surface area contributed by atoms with Gasteiger partial charge in [-0.3, -0.25) is 14.9 Å². The topological polar surface area (TPSA) is 137 Å². The van der Waals surface area contributed by atoms with Gasteiger partial charge in [0.1, 0.15) is 5.02 Å². The second kappa shape index (κ2) is 8.33. The average Bonchev–Trinajstić information content (AvgIpc) is 2.62. The van der Waals surface area contributed by atoms with Crippen molar-refractivity contribution in [2.75, 3.05) is 17.7 Å². The summed E-state index contributed by atoms with van der Waals surface area (Å²) < 4.78 is 18.0. The van der Waals surface area contributed by atoms with Crippen LogP contribution < -0.4 is 11.1 Å². The minimum atomic E-state index is -1.11. The third-order valence-electron chi connectivity index (χ3n) is 3.03. The van der Waals surface area contributed by atoms with E-state index in [0.29, 0.717) is 0 Å². The fraction of sp³-hybridized carbons (Fsp3) is 0.0714. The molecule has 2 aromatic rings. The van der Waals surface area contributed by atoms with Gasteiger partial charge in [0.2, 0.25) is 5.82 Å². The van der Waals surface area contributed by atoms with Crippen LogP contribution in [0.4, 0.5) is 21.5 Å². The van der Waals surface area contributed by atoms with Crippen LogP contribution in [0.5, 0.6) is 0 Å². The van der Waals surface area contributed by atoms with Gasteiger partial charge >= 0.3 is 11.7 Å². The quantitative estimate of drug-likeness (QED) is 0.316. The van der Waals surface area contributed by atoms with Crippen molar-refractivity contribution in [3.8, 4) is 0 Å². The van der Waals surface area contributed by atoms with Gasteiger partial charge in [0.05, 0.1) is 15.6 Å². The average molecular weight is 438 g/mol. The lowest BCUT2D eigenvalue weighted by Gasteiger charge is -2.09. The van der Waals surface area contributed by atoms with Crippen LogP contribution in [0.1, 0.15) is 10.5 Å². The SMILES string of the molecule is Nc1c(Cl)c(Cl)nc(C(=O)OCC(=O)Nc2ccc(F)c([N+](=O)[O-])c2)c1Cl. The third kappa shape index (κ3) is 4.73. The Labute approximate surface area is 165 Å². The molecule has 13 heteroatoms. The summed E-state index contributed by atoms with van der Waals surface area (Å²) in [5, 5.41) is 12.2. The smallest absolute Gasteiger partial charge is 0.359 e. The van der Waals surface area contributed by atoms with E-state index in [4.69, 9.17) is 45.3 Å². The second-order valence-corrected chi connectivity index (χ2v) is 5.95. The van der Waals surface area contributed by atoms with Gasteiger partial charge in [0.25, 0.3) is 5.91 Å². The molecule has 2 rings (SSSR count). The number of anilines is 2. The number of amides is 1. The van der Waals surface area contributed by atoms with E-state index < -0.39 is 40.6 Å². The van der Waals surface area contributed by atoms with Gasteiger partial charge in [0.15, 0.2) is 17.5 Å². The number of carbonyl (C=O) groups is 2. The van der Waals surface area contributed by atoms with Crippen molar-refractivity contribution in [1.82, 2.24) is 4.98 Å². The van der Waals surface area contributed by atoms with E-state index in [0.717, 1.165) is 18.2 Å². The molecule has 0 radical (unpaired) electrons. The van der Waals surface area contributed by atoms with E-state index in [1.54, 1.807) is 0 Å². The number of nitro benzene ring substituents is 1. The normalized spacial score (nSPS) is 10.4. The van der Waals surface area contributed by atoms with Crippen LogP contribution in [0.25, 0.3) is 0 Å². The number of benzene rings is 1. The Kier molecular flexibility index (Phi) is 6.37. The van der Waals surface area contributed by atoms with E-state index in [-0.39, 0.29) is 26.6 Å². The number of nitrogens with one attached hydrogen (secondary N) is 1. The first-order valence-electron chi connectivity index (χ1n) is 6.82. The lowest BCUT2D eigenvalue weighted by Crippen LogP contribution is -2.21. The summed E-state index contributed by atoms with van der Waals surface area (Å²) in [6, 6.07) is 2.72. The predicted molar refractivity (Wildman–Crippen MR) is 95.6 cm³/mol. The molecule has 0 spiro atoms. The largest absolute Gasteiger partial charge is 0.451 e. The number of hydrogen-bond acceptors (Lipinski definition) is 7. The van der Waals surface area contributed by atoms with E-state index >= 15 is 0 Å². The molecule has 0 saturated carbocycles. The first-order valence-corrected chi connectivity index (χ1v) is 7.96. The molecule has 27 heavy (non-hydrogen) atoms. The Morgan fingerprint density at radius 3 is 2.59 bits per heavy atom. The Bertz CT molecular complexity index is 957. The zero-order valence-electron chi connectivity index (χ0n) is 13.0. The van der Waals surface area contributed by atoms with Crippen molar-refractivity contribution in [1.29, 1.82) is 0 Å². The highest BCUT2D eigenvalue weighted by Crippen LogP contribution is 2.34. The number of aromatic nitrogens is 1. The Balaban J connectivity index is 2.05. The molecule has 0 aliphatic carbocycles. The maximum absolute atomic E-state index is 13.3. The van der Waals surface area contributed by atoms with Crippen molar-refractivity contribution in [2.45, 2.75) is 0 Å². The van der Waals surface area contributed by atoms with Crippen LogP contribution in [0.3, 0.4) is 0 Å². The summed E-state index contributed by atoms with van der Waals surface area (Å²) in [6.45, 7) is -0.790. The number of nitrogens with zero attached hydrogens (tertiary/aromatic N) is 2. The van der Waals surface area contributed by atoms with Gasteiger partial charge in [-0.2, -0.15) is 4.39 Å². The summed E-state index contributed by atoms with van der Waals surface area (Å²) in [6.07, 6.45) is 0. The van der Waals surface area contributed by atoms with Gasteiger partial charge in [-0.15, -0.1) is 0 Å². The zero-order valence-corrected chi connectivity index (χ0v) is 15.2. The highest BCUT2D eigenvalue weighted by Gasteiger charge is 2.22. The van der Waals surface area contributed by atoms with Crippen LogP contribution in [-0.4, -0.2) is 28.4 Å². The molecule has 1 heterocycles. The molecular weight excluding hydrogens is 430 g/mol. The molecule has 0 aliphatic rings. The number of esters is 1. The molecular formula is C14H8Cl3FN4O5. The van der Waals surface area contributed by atoms with Crippen LogP contribution in [0.2, 0.25) is 15.2 Å². The molecule has 1 aromatic carbocycles. The third-order valence-corrected chi connectivity index (χ3v) is 4.16. The first-order chi connectivity index (χ1) is 12.6. The molecule has 1 aromatic heterocycles. The molecule has 1 amide bonds. The number of nitrogens with two attached hydrogens (primary N) is 1. The highest BCUT2D eigenvalue weighted by molar-refractivity contribution is 6.46. The number of nitro groups is 1. The van der Waals surface area contributed by atoms with Gasteiger partial charge in [-0.05, 0) is 12.1 Å². The number of pyridine rings is 1. The van der Waals surface area contributed by atoms with Crippen molar-refractivity contribution in [3.63, 3.8) is 0 Å². The van der Waals surface area contributed by atoms with E-state index in [1.165, 1.54) is 0 Å². The highest BCUT2D eigenvalue weighted by atomic mass is 35.5. The Morgan fingerprint density at radius 2 is 1.96 bits per heavy atom. The summed E-state index contributed by atoms with van der Waals surface area (Å²) >= 11 is 17.3. The van der Waals surface area contributed by atoms with Crippen molar-refractivity contribution >= 4 is 63.7 Å². The van der Waals surface area contributed by atoms with Crippen molar-refractivity contribution in [2.24, 2.45) is 0 Å². The van der Waals surface area contributed by atoms with E-state index in [2.05, 4.69) is 10.3 Å². The summed E-state index contributed by atoms with van der Waals surface area (Å²) in [5.74, 6) is -3.03. The van der Waals surface area contributed by atoms with Crippen LogP contribution in [0.15, 0.2) is 18.2 Å². The molecule has 9 nitrogen and oxygen atoms in total. The fourth-order valence-corrected chi connectivity index (χ4v) is 2.38. The standard InChI is InChI=1S/C14H8Cl3FN4O5/c15-9-11(19)10(16)13(17)21-12(9)14(24)27-4-8(23)20-5-1-2-6(18)7(3-5)22(25)26/h1-3H,4H2,(H2,19,21)(H,20,23). The minimum absolute atomic E-state index is 0.0703. The molecule has 0 atom stereocenters. The molecule has 0 bridgehead atoms. The number of hydrogen-bond donors (Lipinski definition) is 2. The van der Waals surface area contributed by atoms with Gasteiger partial charge in [-0.25, -0.2) is 9.78 Å². The maximum Gasteiger partial charge on any atom is 0.359 e. The summed E-state index contributed by atoms with van der Waals surface area (Å²) in [7, 11) is 0. The second-order valence-electron chi connectivity index (χ2n) is 4.84. The first kappa shape index (κ1) is 20.6. The molecule has 0 fully saturated rings. The monoisotopic (exact) mass is 436 g/mol. The molecule has 142 valence electrons. The maximum atomic E-state index is 13.3. The predicted octanol–water partition coefficient (Wildman–Crippen LogP) is 3.47. The van der Waals surface area contributed by atoms with E-state index in [9.17, 15) is 24.1 Å². The summed E-state index contributed by atoms with van der Waals surface area (Å²) in [5.41, 5.74) is 4.04. The molecule has 3 N–H and O–H groups in total.